The highest BCUT2D eigenvalue weighted by Gasteiger charge is 2.44. The number of benzene rings is 1. The zero-order chi connectivity index (χ0) is 20.1. The lowest BCUT2D eigenvalue weighted by Gasteiger charge is -2.41. The molecule has 1 unspecified atom stereocenters. The SMILES string of the molecule is O=C(c1cnc[nH]1)N1CCOC2(CCCCc3ccccc3OCCNC2=O)C1. The molecule has 2 N–H and O–H groups in total. The monoisotopic (exact) mass is 398 g/mol. The molecule has 29 heavy (non-hydrogen) atoms. The number of rotatable bonds is 1. The van der Waals surface area contributed by atoms with Crippen LogP contribution in [-0.4, -0.2) is 65.1 Å². The van der Waals surface area contributed by atoms with Gasteiger partial charge in [0, 0.05) is 6.54 Å². The van der Waals surface area contributed by atoms with E-state index in [0.717, 1.165) is 25.0 Å². The van der Waals surface area contributed by atoms with Crippen LogP contribution in [0.5, 0.6) is 5.75 Å². The Morgan fingerprint density at radius 2 is 2.10 bits per heavy atom. The van der Waals surface area contributed by atoms with Crippen molar-refractivity contribution in [3.05, 3.63) is 48.0 Å². The van der Waals surface area contributed by atoms with Crippen molar-refractivity contribution in [1.29, 1.82) is 0 Å². The predicted octanol–water partition coefficient (Wildman–Crippen LogP) is 1.54. The van der Waals surface area contributed by atoms with Crippen molar-refractivity contribution in [3.8, 4) is 5.75 Å². The van der Waals surface area contributed by atoms with Crippen LogP contribution < -0.4 is 10.1 Å². The Balaban J connectivity index is 1.49. The van der Waals surface area contributed by atoms with E-state index in [9.17, 15) is 9.59 Å². The third-order valence-corrected chi connectivity index (χ3v) is 5.51. The zero-order valence-corrected chi connectivity index (χ0v) is 16.4. The van der Waals surface area contributed by atoms with E-state index in [4.69, 9.17) is 9.47 Å². The van der Waals surface area contributed by atoms with Crippen LogP contribution in [0.15, 0.2) is 36.8 Å². The number of aromatic nitrogens is 2. The van der Waals surface area contributed by atoms with Gasteiger partial charge in [0.15, 0.2) is 5.60 Å². The van der Waals surface area contributed by atoms with Gasteiger partial charge in [-0.1, -0.05) is 18.2 Å². The second-order valence-electron chi connectivity index (χ2n) is 7.45. The summed E-state index contributed by atoms with van der Waals surface area (Å²) in [5, 5.41) is 2.94. The van der Waals surface area contributed by atoms with Crippen molar-refractivity contribution >= 4 is 11.8 Å². The molecule has 154 valence electrons. The molecule has 4 rings (SSSR count). The fraction of sp³-hybridized carbons (Fsp3) is 0.476. The number of aromatic amines is 1. The minimum atomic E-state index is -1.04. The number of para-hydroxylation sites is 1. The number of nitrogens with one attached hydrogen (secondary N) is 2. The fourth-order valence-corrected chi connectivity index (χ4v) is 3.97. The molecule has 0 bridgehead atoms. The Morgan fingerprint density at radius 3 is 2.97 bits per heavy atom. The van der Waals surface area contributed by atoms with E-state index in [1.54, 1.807) is 4.90 Å². The number of nitrogens with zero attached hydrogens (tertiary/aromatic N) is 2. The molecule has 0 aliphatic carbocycles. The number of carbonyl (C=O) groups excluding carboxylic acids is 2. The van der Waals surface area contributed by atoms with Crippen molar-refractivity contribution in [2.24, 2.45) is 0 Å². The number of amides is 2. The number of aryl methyl sites for hydroxylation is 1. The smallest absolute Gasteiger partial charge is 0.272 e. The van der Waals surface area contributed by atoms with Gasteiger partial charge in [0.2, 0.25) is 0 Å². The first-order valence-electron chi connectivity index (χ1n) is 10.1. The number of hydrogen-bond donors (Lipinski definition) is 2. The van der Waals surface area contributed by atoms with E-state index in [0.29, 0.717) is 38.4 Å². The number of morpholine rings is 1. The van der Waals surface area contributed by atoms with Crippen LogP contribution in [0, 0.1) is 0 Å². The summed E-state index contributed by atoms with van der Waals surface area (Å²) in [6.07, 6.45) is 6.14. The lowest BCUT2D eigenvalue weighted by molar-refractivity contribution is -0.159. The Kier molecular flexibility index (Phi) is 5.80. The summed E-state index contributed by atoms with van der Waals surface area (Å²) in [5.74, 6) is 0.528. The Hall–Kier alpha value is -2.87. The lowest BCUT2D eigenvalue weighted by Crippen LogP contribution is -2.61. The Morgan fingerprint density at radius 1 is 1.21 bits per heavy atom. The molecule has 2 aromatic rings. The lowest BCUT2D eigenvalue weighted by atomic mass is 9.91. The molecule has 8 nitrogen and oxygen atoms in total. The molecule has 2 amide bonds. The van der Waals surface area contributed by atoms with Gasteiger partial charge in [0.25, 0.3) is 11.8 Å². The summed E-state index contributed by atoms with van der Waals surface area (Å²) >= 11 is 0. The summed E-state index contributed by atoms with van der Waals surface area (Å²) in [4.78, 5) is 34.2. The van der Waals surface area contributed by atoms with Gasteiger partial charge >= 0.3 is 0 Å². The summed E-state index contributed by atoms with van der Waals surface area (Å²) in [7, 11) is 0. The quantitative estimate of drug-likeness (QED) is 0.760. The van der Waals surface area contributed by atoms with Crippen LogP contribution >= 0.6 is 0 Å². The summed E-state index contributed by atoms with van der Waals surface area (Å²) in [6.45, 7) is 1.77. The second kappa shape index (κ2) is 8.65. The van der Waals surface area contributed by atoms with Crippen LogP contribution in [-0.2, 0) is 16.0 Å². The maximum absolute atomic E-state index is 13.1. The van der Waals surface area contributed by atoms with Gasteiger partial charge in [-0.2, -0.15) is 0 Å². The van der Waals surface area contributed by atoms with Crippen LogP contribution in [0.1, 0.15) is 35.3 Å². The van der Waals surface area contributed by atoms with Crippen molar-refractivity contribution < 1.29 is 19.1 Å². The molecule has 1 saturated heterocycles. The first-order chi connectivity index (χ1) is 14.2. The van der Waals surface area contributed by atoms with Crippen LogP contribution in [0.2, 0.25) is 0 Å². The van der Waals surface area contributed by atoms with Gasteiger partial charge in [0.1, 0.15) is 18.1 Å². The minimum absolute atomic E-state index is 0.165. The van der Waals surface area contributed by atoms with E-state index >= 15 is 0 Å². The minimum Gasteiger partial charge on any atom is -0.491 e. The summed E-state index contributed by atoms with van der Waals surface area (Å²) in [6, 6.07) is 8.02. The van der Waals surface area contributed by atoms with Gasteiger partial charge in [-0.15, -0.1) is 0 Å². The number of carbonyl (C=O) groups is 2. The number of H-pyrrole nitrogens is 1. The molecule has 2 aliphatic heterocycles. The zero-order valence-electron chi connectivity index (χ0n) is 16.4. The normalized spacial score (nSPS) is 23.3. The summed E-state index contributed by atoms with van der Waals surface area (Å²) in [5.41, 5.74) is 0.557. The first kappa shape index (κ1) is 19.4. The molecular formula is C21H26N4O4. The number of fused-ring (bicyclic) bond motifs is 1. The Labute approximate surface area is 169 Å². The van der Waals surface area contributed by atoms with Crippen molar-refractivity contribution in [2.45, 2.75) is 31.3 Å². The standard InChI is InChI=1S/C21H26N4O4/c26-19(17-13-22-15-24-17)25-10-12-29-21(14-25)8-4-3-6-16-5-1-2-7-18(16)28-11-9-23-20(21)27/h1-2,5,7,13,15H,3-4,6,8-12,14H2,(H,22,24)(H,23,27). The first-order valence-corrected chi connectivity index (χ1v) is 10.1. The van der Waals surface area contributed by atoms with E-state index in [-0.39, 0.29) is 18.4 Å². The van der Waals surface area contributed by atoms with Crippen molar-refractivity contribution in [3.63, 3.8) is 0 Å². The van der Waals surface area contributed by atoms with E-state index in [1.165, 1.54) is 18.1 Å². The molecule has 1 fully saturated rings. The van der Waals surface area contributed by atoms with Gasteiger partial charge in [-0.3, -0.25) is 9.59 Å². The summed E-state index contributed by atoms with van der Waals surface area (Å²) < 4.78 is 11.9. The number of hydrogen-bond acceptors (Lipinski definition) is 5. The molecule has 3 heterocycles. The topological polar surface area (TPSA) is 96.6 Å². The molecular weight excluding hydrogens is 372 g/mol. The van der Waals surface area contributed by atoms with Crippen LogP contribution in [0.3, 0.4) is 0 Å². The Bertz CT molecular complexity index is 854. The van der Waals surface area contributed by atoms with Crippen molar-refractivity contribution in [2.75, 3.05) is 32.8 Å². The number of ether oxygens (including phenoxy) is 2. The van der Waals surface area contributed by atoms with Gasteiger partial charge in [-0.25, -0.2) is 4.98 Å². The average molecular weight is 398 g/mol. The van der Waals surface area contributed by atoms with Gasteiger partial charge < -0.3 is 24.7 Å². The highest BCUT2D eigenvalue weighted by atomic mass is 16.5. The van der Waals surface area contributed by atoms with Crippen LogP contribution in [0.4, 0.5) is 0 Å². The molecule has 8 heteroatoms. The molecule has 0 radical (unpaired) electrons. The van der Waals surface area contributed by atoms with Crippen LogP contribution in [0.25, 0.3) is 0 Å². The average Bonchev–Trinajstić information content (AvgIpc) is 3.29. The van der Waals surface area contributed by atoms with E-state index in [2.05, 4.69) is 21.4 Å². The maximum Gasteiger partial charge on any atom is 0.272 e. The molecule has 0 saturated carbocycles. The fourth-order valence-electron chi connectivity index (χ4n) is 3.97. The highest BCUT2D eigenvalue weighted by Crippen LogP contribution is 2.28. The van der Waals surface area contributed by atoms with E-state index < -0.39 is 5.60 Å². The molecule has 1 aromatic heterocycles. The van der Waals surface area contributed by atoms with Gasteiger partial charge in [-0.05, 0) is 37.3 Å². The largest absolute Gasteiger partial charge is 0.491 e. The van der Waals surface area contributed by atoms with E-state index in [1.807, 2.05) is 18.2 Å². The maximum atomic E-state index is 13.1. The molecule has 1 atom stereocenters. The van der Waals surface area contributed by atoms with Crippen molar-refractivity contribution in [1.82, 2.24) is 20.2 Å². The van der Waals surface area contributed by atoms with Gasteiger partial charge in [0.05, 0.1) is 32.2 Å². The molecule has 1 aromatic carbocycles. The third kappa shape index (κ3) is 4.27. The predicted molar refractivity (Wildman–Crippen MR) is 106 cm³/mol. The molecule has 2 aliphatic rings. The highest BCUT2D eigenvalue weighted by molar-refractivity contribution is 5.93. The second-order valence-corrected chi connectivity index (χ2v) is 7.45. The third-order valence-electron chi connectivity index (χ3n) is 5.51. The molecule has 1 spiro atoms. The number of imidazole rings is 1.